The average molecular weight is 262 g/mol. The summed E-state index contributed by atoms with van der Waals surface area (Å²) in [5, 5.41) is 0. The van der Waals surface area contributed by atoms with Gasteiger partial charge in [0.1, 0.15) is 11.7 Å². The van der Waals surface area contributed by atoms with E-state index in [1.165, 1.54) is 70.6 Å². The minimum atomic E-state index is 0.120. The van der Waals surface area contributed by atoms with Crippen molar-refractivity contribution >= 4 is 0 Å². The van der Waals surface area contributed by atoms with Crippen molar-refractivity contribution in [2.75, 3.05) is 0 Å². The molecule has 1 heterocycles. The highest BCUT2D eigenvalue weighted by molar-refractivity contribution is 5.31. The standard InChI is InChI=1S/C18H30O/c1-2-3-4-5-6-7-8-9-10-12-15-18-16-13-11-14-17(18)19-18/h11,13-14,16-17H,2-10,12,15H2,1H3. The summed E-state index contributed by atoms with van der Waals surface area (Å²) in [6, 6.07) is 0. The van der Waals surface area contributed by atoms with Crippen LogP contribution in [-0.2, 0) is 4.74 Å². The Bertz CT molecular complexity index is 305. The predicted octanol–water partition coefficient (Wildman–Crippen LogP) is 5.56. The maximum Gasteiger partial charge on any atom is 0.117 e. The molecular weight excluding hydrogens is 232 g/mol. The average Bonchev–Trinajstić information content (AvgIpc) is 3.15. The van der Waals surface area contributed by atoms with Crippen molar-refractivity contribution in [3.63, 3.8) is 0 Å². The zero-order valence-corrected chi connectivity index (χ0v) is 12.6. The number of epoxide rings is 1. The second-order valence-electron chi connectivity index (χ2n) is 6.17. The highest BCUT2D eigenvalue weighted by Crippen LogP contribution is 2.45. The number of unbranched alkanes of at least 4 members (excludes halogenated alkanes) is 9. The first kappa shape index (κ1) is 14.8. The summed E-state index contributed by atoms with van der Waals surface area (Å²) < 4.78 is 5.77. The summed E-state index contributed by atoms with van der Waals surface area (Å²) in [6.07, 6.45) is 24.4. The van der Waals surface area contributed by atoms with Crippen LogP contribution in [0.5, 0.6) is 0 Å². The van der Waals surface area contributed by atoms with Crippen LogP contribution in [0.3, 0.4) is 0 Å². The van der Waals surface area contributed by atoms with Gasteiger partial charge in [-0.05, 0) is 12.5 Å². The van der Waals surface area contributed by atoms with Gasteiger partial charge in [-0.1, -0.05) is 89.4 Å². The van der Waals surface area contributed by atoms with Crippen LogP contribution in [0.4, 0.5) is 0 Å². The third-order valence-electron chi connectivity index (χ3n) is 4.47. The zero-order valence-electron chi connectivity index (χ0n) is 12.6. The van der Waals surface area contributed by atoms with Gasteiger partial charge in [-0.3, -0.25) is 0 Å². The summed E-state index contributed by atoms with van der Waals surface area (Å²) in [5.41, 5.74) is 0.120. The van der Waals surface area contributed by atoms with Gasteiger partial charge in [-0.25, -0.2) is 0 Å². The number of hydrogen-bond donors (Lipinski definition) is 0. The lowest BCUT2D eigenvalue weighted by Crippen LogP contribution is -2.12. The second kappa shape index (κ2) is 7.89. The maximum atomic E-state index is 5.77. The van der Waals surface area contributed by atoms with Crippen molar-refractivity contribution in [3.8, 4) is 0 Å². The first-order valence-corrected chi connectivity index (χ1v) is 8.41. The molecule has 0 radical (unpaired) electrons. The predicted molar refractivity (Wildman–Crippen MR) is 82.3 cm³/mol. The summed E-state index contributed by atoms with van der Waals surface area (Å²) >= 11 is 0. The summed E-state index contributed by atoms with van der Waals surface area (Å²) in [4.78, 5) is 0. The van der Waals surface area contributed by atoms with Gasteiger partial charge >= 0.3 is 0 Å². The molecule has 1 aliphatic heterocycles. The molecule has 2 unspecified atom stereocenters. The summed E-state index contributed by atoms with van der Waals surface area (Å²) in [7, 11) is 0. The highest BCUT2D eigenvalue weighted by Gasteiger charge is 2.52. The molecule has 2 rings (SSSR count). The molecule has 1 nitrogen and oxygen atoms in total. The van der Waals surface area contributed by atoms with E-state index < -0.39 is 0 Å². The molecule has 0 aromatic heterocycles. The van der Waals surface area contributed by atoms with Crippen molar-refractivity contribution in [2.24, 2.45) is 0 Å². The van der Waals surface area contributed by atoms with E-state index in [-0.39, 0.29) is 5.60 Å². The van der Waals surface area contributed by atoms with Crippen LogP contribution in [0.1, 0.15) is 77.6 Å². The van der Waals surface area contributed by atoms with Crippen LogP contribution in [0.2, 0.25) is 0 Å². The van der Waals surface area contributed by atoms with Gasteiger partial charge in [-0.2, -0.15) is 0 Å². The van der Waals surface area contributed by atoms with Crippen LogP contribution in [0, 0.1) is 0 Å². The third-order valence-corrected chi connectivity index (χ3v) is 4.47. The molecule has 1 fully saturated rings. The largest absolute Gasteiger partial charge is 0.357 e. The van der Waals surface area contributed by atoms with Gasteiger partial charge in [0.15, 0.2) is 0 Å². The molecule has 2 atom stereocenters. The van der Waals surface area contributed by atoms with E-state index >= 15 is 0 Å². The molecular formula is C18H30O. The second-order valence-corrected chi connectivity index (χ2v) is 6.17. The van der Waals surface area contributed by atoms with Crippen molar-refractivity contribution in [2.45, 2.75) is 89.3 Å². The Morgan fingerprint density at radius 2 is 1.47 bits per heavy atom. The Morgan fingerprint density at radius 3 is 2.11 bits per heavy atom. The summed E-state index contributed by atoms with van der Waals surface area (Å²) in [5.74, 6) is 0. The zero-order chi connectivity index (χ0) is 13.4. The van der Waals surface area contributed by atoms with Crippen molar-refractivity contribution in [1.29, 1.82) is 0 Å². The Hall–Kier alpha value is -0.560. The van der Waals surface area contributed by atoms with E-state index in [0.717, 1.165) is 0 Å². The molecule has 0 aromatic rings. The van der Waals surface area contributed by atoms with Crippen LogP contribution in [-0.4, -0.2) is 11.7 Å². The third kappa shape index (κ3) is 4.80. The van der Waals surface area contributed by atoms with E-state index in [0.29, 0.717) is 6.10 Å². The lowest BCUT2D eigenvalue weighted by molar-refractivity contribution is 0.321. The lowest BCUT2D eigenvalue weighted by Gasteiger charge is -2.08. The van der Waals surface area contributed by atoms with Gasteiger partial charge in [0.25, 0.3) is 0 Å². The molecule has 0 saturated carbocycles. The normalized spacial score (nSPS) is 27.5. The first-order chi connectivity index (χ1) is 9.37. The first-order valence-electron chi connectivity index (χ1n) is 8.41. The van der Waals surface area contributed by atoms with Crippen LogP contribution >= 0.6 is 0 Å². The van der Waals surface area contributed by atoms with Crippen LogP contribution < -0.4 is 0 Å². The maximum absolute atomic E-state index is 5.77. The minimum absolute atomic E-state index is 0.120. The fourth-order valence-corrected chi connectivity index (χ4v) is 3.10. The molecule has 2 aliphatic rings. The van der Waals surface area contributed by atoms with Gasteiger partial charge in [0.05, 0.1) is 0 Å². The quantitative estimate of drug-likeness (QED) is 0.351. The van der Waals surface area contributed by atoms with Gasteiger partial charge in [-0.15, -0.1) is 0 Å². The highest BCUT2D eigenvalue weighted by atomic mass is 16.6. The smallest absolute Gasteiger partial charge is 0.117 e. The molecule has 0 aromatic carbocycles. The molecule has 0 bridgehead atoms. The Kier molecular flexibility index (Phi) is 6.16. The number of allylic oxidation sites excluding steroid dienone is 2. The van der Waals surface area contributed by atoms with Crippen LogP contribution in [0.25, 0.3) is 0 Å². The summed E-state index contributed by atoms with van der Waals surface area (Å²) in [6.45, 7) is 2.28. The molecule has 0 spiro atoms. The SMILES string of the molecule is CCCCCCCCCCCCC12C=CC=CC1O2. The molecule has 108 valence electrons. The molecule has 0 amide bonds. The van der Waals surface area contributed by atoms with E-state index in [1.807, 2.05) is 0 Å². The molecule has 1 aliphatic carbocycles. The minimum Gasteiger partial charge on any atom is -0.357 e. The van der Waals surface area contributed by atoms with Crippen molar-refractivity contribution < 1.29 is 4.74 Å². The van der Waals surface area contributed by atoms with Crippen molar-refractivity contribution in [1.82, 2.24) is 0 Å². The molecule has 1 heteroatoms. The van der Waals surface area contributed by atoms with Gasteiger partial charge in [0.2, 0.25) is 0 Å². The van der Waals surface area contributed by atoms with E-state index in [4.69, 9.17) is 4.74 Å². The van der Waals surface area contributed by atoms with Gasteiger partial charge in [0, 0.05) is 0 Å². The number of fused-ring (bicyclic) bond motifs is 1. The topological polar surface area (TPSA) is 12.5 Å². The molecule has 1 saturated heterocycles. The fraction of sp³-hybridized carbons (Fsp3) is 0.778. The van der Waals surface area contributed by atoms with Gasteiger partial charge < -0.3 is 4.74 Å². The Balaban J connectivity index is 1.37. The van der Waals surface area contributed by atoms with E-state index in [1.54, 1.807) is 0 Å². The Morgan fingerprint density at radius 1 is 0.842 bits per heavy atom. The molecule has 0 N–H and O–H groups in total. The number of rotatable bonds is 11. The number of ether oxygens (including phenoxy) is 1. The van der Waals surface area contributed by atoms with Crippen LogP contribution in [0.15, 0.2) is 24.3 Å². The fourth-order valence-electron chi connectivity index (χ4n) is 3.10. The lowest BCUT2D eigenvalue weighted by atomic mass is 9.94. The van der Waals surface area contributed by atoms with E-state index in [2.05, 4.69) is 31.2 Å². The molecule has 19 heavy (non-hydrogen) atoms. The number of hydrogen-bond acceptors (Lipinski definition) is 1. The monoisotopic (exact) mass is 262 g/mol. The Labute approximate surface area is 119 Å². The van der Waals surface area contributed by atoms with E-state index in [9.17, 15) is 0 Å². The van der Waals surface area contributed by atoms with Crippen molar-refractivity contribution in [3.05, 3.63) is 24.3 Å².